The average molecular weight is 321 g/mol. The van der Waals surface area contributed by atoms with Crippen LogP contribution in [-0.2, 0) is 11.0 Å². The molecule has 0 atom stereocenters. The molecule has 1 amide bonds. The Bertz CT molecular complexity index is 540. The third-order valence-electron chi connectivity index (χ3n) is 3.96. The summed E-state index contributed by atoms with van der Waals surface area (Å²) in [5.41, 5.74) is 4.13. The van der Waals surface area contributed by atoms with Gasteiger partial charge < -0.3 is 11.1 Å². The number of rotatable bonds is 3. The Balaban J connectivity index is 2.22. The fourth-order valence-corrected chi connectivity index (χ4v) is 2.88. The van der Waals surface area contributed by atoms with Gasteiger partial charge in [-0.05, 0) is 31.0 Å². The molecule has 0 spiro atoms. The van der Waals surface area contributed by atoms with Gasteiger partial charge in [0.05, 0.1) is 16.0 Å². The first kappa shape index (κ1) is 16.1. The van der Waals surface area contributed by atoms with Crippen molar-refractivity contribution in [3.05, 3.63) is 28.8 Å². The molecule has 116 valence electrons. The number of carbonyl (C=O) groups excluding carboxylic acids is 1. The molecule has 0 aliphatic heterocycles. The second-order valence-electron chi connectivity index (χ2n) is 5.34. The lowest BCUT2D eigenvalue weighted by molar-refractivity contribution is -0.137. The van der Waals surface area contributed by atoms with E-state index in [1.807, 2.05) is 0 Å². The lowest BCUT2D eigenvalue weighted by atomic mass is 9.85. The zero-order chi connectivity index (χ0) is 15.7. The van der Waals surface area contributed by atoms with E-state index in [2.05, 4.69) is 5.32 Å². The van der Waals surface area contributed by atoms with E-state index < -0.39 is 22.2 Å². The SMILES string of the molecule is NCC1(C(=O)Nc2ccc(Cl)c(C(F)(F)F)c2)CCCC1. The number of halogens is 4. The highest BCUT2D eigenvalue weighted by Gasteiger charge is 2.40. The zero-order valence-electron chi connectivity index (χ0n) is 11.3. The first-order valence-electron chi connectivity index (χ1n) is 6.67. The number of anilines is 1. The second-order valence-corrected chi connectivity index (χ2v) is 5.75. The lowest BCUT2D eigenvalue weighted by Crippen LogP contribution is -2.40. The van der Waals surface area contributed by atoms with Gasteiger partial charge in [-0.25, -0.2) is 0 Å². The molecule has 1 fully saturated rings. The molecule has 0 unspecified atom stereocenters. The number of alkyl halides is 3. The van der Waals surface area contributed by atoms with Crippen LogP contribution in [-0.4, -0.2) is 12.5 Å². The van der Waals surface area contributed by atoms with E-state index in [9.17, 15) is 18.0 Å². The molecule has 0 aromatic heterocycles. The van der Waals surface area contributed by atoms with Crippen LogP contribution in [0.4, 0.5) is 18.9 Å². The standard InChI is InChI=1S/C14H16ClF3N2O/c15-11-4-3-9(7-10(11)14(16,17)18)20-12(21)13(8-19)5-1-2-6-13/h3-4,7H,1-2,5-6,8,19H2,(H,20,21). The number of nitrogens with two attached hydrogens (primary N) is 1. The molecule has 1 aromatic rings. The molecule has 3 nitrogen and oxygen atoms in total. The van der Waals surface area contributed by atoms with E-state index >= 15 is 0 Å². The van der Waals surface area contributed by atoms with Crippen molar-refractivity contribution in [3.63, 3.8) is 0 Å². The number of benzene rings is 1. The van der Waals surface area contributed by atoms with Crippen molar-refractivity contribution in [3.8, 4) is 0 Å². The predicted octanol–water partition coefficient (Wildman–Crippen LogP) is 3.82. The summed E-state index contributed by atoms with van der Waals surface area (Å²) in [7, 11) is 0. The van der Waals surface area contributed by atoms with Crippen LogP contribution in [0.25, 0.3) is 0 Å². The van der Waals surface area contributed by atoms with Gasteiger partial charge in [0.15, 0.2) is 0 Å². The quantitative estimate of drug-likeness (QED) is 0.889. The van der Waals surface area contributed by atoms with E-state index in [-0.39, 0.29) is 18.1 Å². The third-order valence-corrected chi connectivity index (χ3v) is 4.29. The van der Waals surface area contributed by atoms with Gasteiger partial charge in [-0.2, -0.15) is 13.2 Å². The van der Waals surface area contributed by atoms with Crippen molar-refractivity contribution in [1.29, 1.82) is 0 Å². The molecule has 7 heteroatoms. The van der Waals surface area contributed by atoms with E-state index in [0.29, 0.717) is 12.8 Å². The lowest BCUT2D eigenvalue weighted by Gasteiger charge is -2.26. The van der Waals surface area contributed by atoms with Gasteiger partial charge in [-0.3, -0.25) is 4.79 Å². The Morgan fingerprint density at radius 3 is 2.48 bits per heavy atom. The van der Waals surface area contributed by atoms with E-state index in [1.165, 1.54) is 6.07 Å². The van der Waals surface area contributed by atoms with Crippen LogP contribution in [0.15, 0.2) is 18.2 Å². The van der Waals surface area contributed by atoms with Crippen LogP contribution < -0.4 is 11.1 Å². The Kier molecular flexibility index (Phi) is 4.49. The molecular weight excluding hydrogens is 305 g/mol. The highest BCUT2D eigenvalue weighted by atomic mass is 35.5. The van der Waals surface area contributed by atoms with Crippen LogP contribution in [0, 0.1) is 5.41 Å². The highest BCUT2D eigenvalue weighted by molar-refractivity contribution is 6.31. The van der Waals surface area contributed by atoms with E-state index in [0.717, 1.165) is 25.0 Å². The maximum Gasteiger partial charge on any atom is 0.417 e. The van der Waals surface area contributed by atoms with Gasteiger partial charge >= 0.3 is 6.18 Å². The zero-order valence-corrected chi connectivity index (χ0v) is 12.0. The number of amides is 1. The summed E-state index contributed by atoms with van der Waals surface area (Å²) in [6.07, 6.45) is -1.43. The maximum atomic E-state index is 12.8. The summed E-state index contributed by atoms with van der Waals surface area (Å²) in [6.45, 7) is 0.193. The van der Waals surface area contributed by atoms with Crippen molar-refractivity contribution < 1.29 is 18.0 Å². The molecule has 0 heterocycles. The summed E-state index contributed by atoms with van der Waals surface area (Å²) >= 11 is 5.55. The molecule has 3 N–H and O–H groups in total. The van der Waals surface area contributed by atoms with Crippen molar-refractivity contribution in [2.45, 2.75) is 31.9 Å². The van der Waals surface area contributed by atoms with Crippen molar-refractivity contribution in [2.75, 3.05) is 11.9 Å². The molecule has 1 aromatic carbocycles. The van der Waals surface area contributed by atoms with Crippen LogP contribution in [0.1, 0.15) is 31.2 Å². The second kappa shape index (κ2) is 5.85. The average Bonchev–Trinajstić information content (AvgIpc) is 2.89. The monoisotopic (exact) mass is 320 g/mol. The minimum Gasteiger partial charge on any atom is -0.329 e. The fraction of sp³-hybridized carbons (Fsp3) is 0.500. The first-order valence-corrected chi connectivity index (χ1v) is 7.04. The van der Waals surface area contributed by atoms with E-state index in [4.69, 9.17) is 17.3 Å². The summed E-state index contributed by atoms with van der Waals surface area (Å²) in [4.78, 5) is 12.3. The summed E-state index contributed by atoms with van der Waals surface area (Å²) in [6, 6.07) is 3.33. The smallest absolute Gasteiger partial charge is 0.329 e. The van der Waals surface area contributed by atoms with Crippen molar-refractivity contribution in [1.82, 2.24) is 0 Å². The Labute approximate surface area is 125 Å². The van der Waals surface area contributed by atoms with Crippen LogP contribution in [0.5, 0.6) is 0 Å². The molecule has 0 bridgehead atoms. The van der Waals surface area contributed by atoms with Gasteiger partial charge in [0.2, 0.25) is 5.91 Å². The summed E-state index contributed by atoms with van der Waals surface area (Å²) in [5, 5.41) is 2.14. The van der Waals surface area contributed by atoms with E-state index in [1.54, 1.807) is 0 Å². The van der Waals surface area contributed by atoms with Gasteiger partial charge in [0, 0.05) is 12.2 Å². The molecular formula is C14H16ClF3N2O. The third kappa shape index (κ3) is 3.32. The number of nitrogens with one attached hydrogen (secondary N) is 1. The minimum absolute atomic E-state index is 0.0800. The largest absolute Gasteiger partial charge is 0.417 e. The van der Waals surface area contributed by atoms with Gasteiger partial charge in [-0.1, -0.05) is 24.4 Å². The molecule has 1 saturated carbocycles. The molecule has 0 saturated heterocycles. The van der Waals surface area contributed by atoms with Crippen LogP contribution in [0.3, 0.4) is 0 Å². The topological polar surface area (TPSA) is 55.1 Å². The summed E-state index contributed by atoms with van der Waals surface area (Å²) < 4.78 is 38.4. The number of hydrogen-bond acceptors (Lipinski definition) is 2. The Hall–Kier alpha value is -1.27. The van der Waals surface area contributed by atoms with Gasteiger partial charge in [0.25, 0.3) is 0 Å². The van der Waals surface area contributed by atoms with Gasteiger partial charge in [-0.15, -0.1) is 0 Å². The Morgan fingerprint density at radius 1 is 1.33 bits per heavy atom. The van der Waals surface area contributed by atoms with Crippen molar-refractivity contribution in [2.24, 2.45) is 11.1 Å². The molecule has 1 aliphatic rings. The first-order chi connectivity index (χ1) is 9.78. The number of carbonyl (C=O) groups is 1. The highest BCUT2D eigenvalue weighted by Crippen LogP contribution is 2.39. The van der Waals surface area contributed by atoms with Crippen molar-refractivity contribution >= 4 is 23.2 Å². The normalized spacial score (nSPS) is 17.8. The molecule has 2 rings (SSSR count). The maximum absolute atomic E-state index is 12.8. The Morgan fingerprint density at radius 2 is 1.95 bits per heavy atom. The fourth-order valence-electron chi connectivity index (χ4n) is 2.66. The molecule has 21 heavy (non-hydrogen) atoms. The van der Waals surface area contributed by atoms with Crippen LogP contribution in [0.2, 0.25) is 5.02 Å². The minimum atomic E-state index is -4.56. The van der Waals surface area contributed by atoms with Crippen LogP contribution >= 0.6 is 11.6 Å². The van der Waals surface area contributed by atoms with Gasteiger partial charge in [0.1, 0.15) is 0 Å². The predicted molar refractivity (Wildman–Crippen MR) is 75.0 cm³/mol. The number of hydrogen-bond donors (Lipinski definition) is 2. The molecule has 1 aliphatic carbocycles. The summed E-state index contributed by atoms with van der Waals surface area (Å²) in [5.74, 6) is -0.321. The molecule has 0 radical (unpaired) electrons.